The summed E-state index contributed by atoms with van der Waals surface area (Å²) in [5.41, 5.74) is 0.615. The Kier molecular flexibility index (Phi) is 8.22. The number of ether oxygens (including phenoxy) is 2. The van der Waals surface area contributed by atoms with Gasteiger partial charge in [-0.2, -0.15) is 0 Å². The van der Waals surface area contributed by atoms with Gasteiger partial charge in [-0.3, -0.25) is 0 Å². The monoisotopic (exact) mass is 253 g/mol. The first-order valence-electron chi connectivity index (χ1n) is 5.43. The predicted molar refractivity (Wildman–Crippen MR) is 68.9 cm³/mol. The molecular formula is C13H19NO4. The van der Waals surface area contributed by atoms with Gasteiger partial charge in [0.05, 0.1) is 14.2 Å². The minimum absolute atomic E-state index is 0.129. The number of allylic oxidation sites excluding steroid dienone is 4. The van der Waals surface area contributed by atoms with Crippen LogP contribution in [-0.2, 0) is 19.1 Å². The number of hydrogen-bond acceptors (Lipinski definition) is 5. The molecule has 1 N–H and O–H groups in total. The van der Waals surface area contributed by atoms with Crippen LogP contribution in [0.2, 0.25) is 0 Å². The van der Waals surface area contributed by atoms with E-state index < -0.39 is 11.9 Å². The summed E-state index contributed by atoms with van der Waals surface area (Å²) in [6, 6.07) is 0. The topological polar surface area (TPSA) is 64.6 Å². The van der Waals surface area contributed by atoms with Crippen LogP contribution >= 0.6 is 0 Å². The van der Waals surface area contributed by atoms with Crippen molar-refractivity contribution in [2.24, 2.45) is 0 Å². The average Bonchev–Trinajstić information content (AvgIpc) is 2.39. The van der Waals surface area contributed by atoms with E-state index in [0.29, 0.717) is 0 Å². The summed E-state index contributed by atoms with van der Waals surface area (Å²) < 4.78 is 9.03. The van der Waals surface area contributed by atoms with Crippen molar-refractivity contribution in [3.63, 3.8) is 0 Å². The third kappa shape index (κ3) is 6.00. The van der Waals surface area contributed by atoms with Gasteiger partial charge in [-0.15, -0.1) is 0 Å². The van der Waals surface area contributed by atoms with Gasteiger partial charge in [0, 0.05) is 6.54 Å². The molecule has 0 rings (SSSR count). The Hall–Kier alpha value is -1.88. The summed E-state index contributed by atoms with van der Waals surface area (Å²) in [6.45, 7) is 2.52. The third-order valence-corrected chi connectivity index (χ3v) is 2.00. The van der Waals surface area contributed by atoms with Crippen LogP contribution in [0.25, 0.3) is 0 Å². The molecule has 0 bridgehead atoms. The molecule has 5 nitrogen and oxygen atoms in total. The molecule has 0 heterocycles. The maximum Gasteiger partial charge on any atom is 0.345 e. The number of methoxy groups -OCH3 is 2. The van der Waals surface area contributed by atoms with Gasteiger partial charge in [0.2, 0.25) is 0 Å². The minimum atomic E-state index is -0.714. The molecule has 100 valence electrons. The van der Waals surface area contributed by atoms with E-state index in [1.54, 1.807) is 13.0 Å². The fourth-order valence-corrected chi connectivity index (χ4v) is 1.10. The second-order valence-electron chi connectivity index (χ2n) is 3.44. The molecule has 0 radical (unpaired) electrons. The van der Waals surface area contributed by atoms with E-state index >= 15 is 0 Å². The molecule has 0 aliphatic heterocycles. The van der Waals surface area contributed by atoms with Crippen molar-refractivity contribution in [2.45, 2.75) is 6.92 Å². The second-order valence-corrected chi connectivity index (χ2v) is 3.44. The first kappa shape index (κ1) is 16.1. The van der Waals surface area contributed by atoms with Gasteiger partial charge in [-0.1, -0.05) is 23.8 Å². The van der Waals surface area contributed by atoms with Gasteiger partial charge in [0.15, 0.2) is 0 Å². The molecule has 0 aliphatic carbocycles. The van der Waals surface area contributed by atoms with E-state index in [-0.39, 0.29) is 5.57 Å². The van der Waals surface area contributed by atoms with Crippen molar-refractivity contribution in [3.8, 4) is 0 Å². The Morgan fingerprint density at radius 3 is 2.17 bits per heavy atom. The van der Waals surface area contributed by atoms with Crippen LogP contribution in [0.3, 0.4) is 0 Å². The molecule has 0 aromatic rings. The van der Waals surface area contributed by atoms with Gasteiger partial charge in [-0.05, 0) is 20.0 Å². The minimum Gasteiger partial charge on any atom is -0.465 e. The summed E-state index contributed by atoms with van der Waals surface area (Å²) in [7, 11) is 4.27. The lowest BCUT2D eigenvalue weighted by molar-refractivity contribution is -0.144. The third-order valence-electron chi connectivity index (χ3n) is 2.00. The largest absolute Gasteiger partial charge is 0.465 e. The lowest BCUT2D eigenvalue weighted by Gasteiger charge is -2.03. The van der Waals surface area contributed by atoms with Crippen molar-refractivity contribution < 1.29 is 19.1 Å². The van der Waals surface area contributed by atoms with E-state index in [2.05, 4.69) is 14.8 Å². The van der Waals surface area contributed by atoms with Crippen LogP contribution in [0.5, 0.6) is 0 Å². The molecule has 0 fully saturated rings. The highest BCUT2D eigenvalue weighted by atomic mass is 16.5. The molecule has 0 spiro atoms. The van der Waals surface area contributed by atoms with Crippen molar-refractivity contribution in [2.75, 3.05) is 27.8 Å². The Labute approximate surface area is 107 Å². The number of carbonyl (C=O) groups is 2. The Morgan fingerprint density at radius 2 is 1.72 bits per heavy atom. The van der Waals surface area contributed by atoms with Crippen LogP contribution in [0, 0.1) is 0 Å². The Bertz CT molecular complexity index is 362. The average molecular weight is 253 g/mol. The van der Waals surface area contributed by atoms with Crippen molar-refractivity contribution in [3.05, 3.63) is 35.5 Å². The van der Waals surface area contributed by atoms with Crippen molar-refractivity contribution >= 4 is 11.9 Å². The summed E-state index contributed by atoms with van der Waals surface area (Å²) in [4.78, 5) is 22.8. The maximum absolute atomic E-state index is 11.4. The van der Waals surface area contributed by atoms with Crippen LogP contribution in [-0.4, -0.2) is 39.8 Å². The standard InChI is InChI=1S/C13H19NO4/c1-10(7-5-6-8-14-2)9-11(12(15)17-3)13(16)18-4/h5-7,9,14H,8H2,1-4H3. The Balaban J connectivity index is 4.94. The molecule has 5 heteroatoms. The van der Waals surface area contributed by atoms with Gasteiger partial charge in [0.1, 0.15) is 5.57 Å². The highest BCUT2D eigenvalue weighted by Crippen LogP contribution is 2.06. The van der Waals surface area contributed by atoms with Crippen molar-refractivity contribution in [1.82, 2.24) is 5.32 Å². The number of hydrogen-bond donors (Lipinski definition) is 1. The normalized spacial score (nSPS) is 11.2. The number of likely N-dealkylation sites (N-methyl/N-ethyl adjacent to an activating group) is 1. The SMILES string of the molecule is CNCC=CC=C(C)C=C(C(=O)OC)C(=O)OC. The van der Waals surface area contributed by atoms with Gasteiger partial charge >= 0.3 is 11.9 Å². The quantitative estimate of drug-likeness (QED) is 0.251. The molecule has 0 aromatic heterocycles. The van der Waals surface area contributed by atoms with E-state index in [0.717, 1.165) is 12.1 Å². The first-order chi connectivity index (χ1) is 8.56. The molecule has 0 saturated carbocycles. The molecule has 0 atom stereocenters. The molecule has 0 aromatic carbocycles. The zero-order chi connectivity index (χ0) is 14.0. The Morgan fingerprint density at radius 1 is 1.17 bits per heavy atom. The lowest BCUT2D eigenvalue weighted by Crippen LogP contribution is -2.15. The van der Waals surface area contributed by atoms with Gasteiger partial charge < -0.3 is 14.8 Å². The molecule has 18 heavy (non-hydrogen) atoms. The maximum atomic E-state index is 11.4. The predicted octanol–water partition coefficient (Wildman–Crippen LogP) is 0.981. The lowest BCUT2D eigenvalue weighted by atomic mass is 10.1. The summed E-state index contributed by atoms with van der Waals surface area (Å²) in [5.74, 6) is -1.43. The highest BCUT2D eigenvalue weighted by molar-refractivity contribution is 6.14. The van der Waals surface area contributed by atoms with E-state index in [1.807, 2.05) is 19.2 Å². The zero-order valence-corrected chi connectivity index (χ0v) is 11.1. The number of carbonyl (C=O) groups excluding carboxylic acids is 2. The molecule has 0 saturated heterocycles. The molecule has 0 unspecified atom stereocenters. The number of nitrogens with one attached hydrogen (secondary N) is 1. The van der Waals surface area contributed by atoms with Gasteiger partial charge in [0.25, 0.3) is 0 Å². The van der Waals surface area contributed by atoms with E-state index in [9.17, 15) is 9.59 Å². The van der Waals surface area contributed by atoms with Crippen LogP contribution in [0.4, 0.5) is 0 Å². The number of esters is 2. The van der Waals surface area contributed by atoms with Crippen LogP contribution < -0.4 is 5.32 Å². The van der Waals surface area contributed by atoms with Crippen molar-refractivity contribution in [1.29, 1.82) is 0 Å². The summed E-state index contributed by atoms with van der Waals surface area (Å²) in [6.07, 6.45) is 6.95. The van der Waals surface area contributed by atoms with Crippen LogP contribution in [0.1, 0.15) is 6.92 Å². The fourth-order valence-electron chi connectivity index (χ4n) is 1.10. The highest BCUT2D eigenvalue weighted by Gasteiger charge is 2.19. The molecule has 0 aliphatic rings. The van der Waals surface area contributed by atoms with E-state index in [4.69, 9.17) is 0 Å². The zero-order valence-electron chi connectivity index (χ0n) is 11.1. The fraction of sp³-hybridized carbons (Fsp3) is 0.385. The first-order valence-corrected chi connectivity index (χ1v) is 5.43. The van der Waals surface area contributed by atoms with E-state index in [1.165, 1.54) is 20.3 Å². The second kappa shape index (κ2) is 9.18. The summed E-state index contributed by atoms with van der Waals surface area (Å²) >= 11 is 0. The van der Waals surface area contributed by atoms with Gasteiger partial charge in [-0.25, -0.2) is 9.59 Å². The number of rotatable bonds is 6. The summed E-state index contributed by atoms with van der Waals surface area (Å²) in [5, 5.41) is 2.96. The molecular weight excluding hydrogens is 234 g/mol. The molecule has 0 amide bonds. The smallest absolute Gasteiger partial charge is 0.345 e. The van der Waals surface area contributed by atoms with Crippen LogP contribution in [0.15, 0.2) is 35.5 Å².